The fourth-order valence-electron chi connectivity index (χ4n) is 3.84. The molecule has 0 unspecified atom stereocenters. The quantitative estimate of drug-likeness (QED) is 0.721. The number of fused-ring (bicyclic) bond motifs is 1. The Morgan fingerprint density at radius 2 is 1.90 bits per heavy atom. The number of amides is 1. The van der Waals surface area contributed by atoms with Crippen molar-refractivity contribution in [1.29, 1.82) is 0 Å². The number of sulfonamides is 1. The van der Waals surface area contributed by atoms with Gasteiger partial charge in [0.15, 0.2) is 0 Å². The zero-order valence-corrected chi connectivity index (χ0v) is 17.3. The van der Waals surface area contributed by atoms with Crippen LogP contribution in [0.1, 0.15) is 37.3 Å². The molecule has 0 N–H and O–H groups in total. The van der Waals surface area contributed by atoms with Gasteiger partial charge in [-0.2, -0.15) is 4.31 Å². The highest BCUT2D eigenvalue weighted by molar-refractivity contribution is 7.89. The Kier molecular flexibility index (Phi) is 5.44. The topological polar surface area (TPSA) is 57.7 Å². The second kappa shape index (κ2) is 7.88. The Hall–Kier alpha value is -2.25. The number of carbonyl (C=O) groups is 1. The van der Waals surface area contributed by atoms with E-state index in [0.29, 0.717) is 19.0 Å². The molecule has 1 amide bonds. The average Bonchev–Trinajstić information content (AvgIpc) is 3.52. The number of aryl methyl sites for hydroxylation is 1. The summed E-state index contributed by atoms with van der Waals surface area (Å²) in [5.41, 5.74) is 2.45. The summed E-state index contributed by atoms with van der Waals surface area (Å²) >= 11 is 0. The van der Waals surface area contributed by atoms with Gasteiger partial charge in [0.1, 0.15) is 5.82 Å². The standard InChI is InChI=1S/C22H25FN2O3S/c1-16(26)25-12-2-3-19-13-21(10-11-22(19)25)29(27,28)24(14-17-4-5-17)15-18-6-8-20(23)9-7-18/h6-11,13,17H,2-5,12,14-15H2,1H3. The average molecular weight is 417 g/mol. The molecule has 1 aliphatic heterocycles. The lowest BCUT2D eigenvalue weighted by atomic mass is 10.0. The van der Waals surface area contributed by atoms with Crippen LogP contribution in [0.3, 0.4) is 0 Å². The highest BCUT2D eigenvalue weighted by Gasteiger charge is 2.32. The van der Waals surface area contributed by atoms with E-state index in [2.05, 4.69) is 0 Å². The Morgan fingerprint density at radius 1 is 1.17 bits per heavy atom. The maximum Gasteiger partial charge on any atom is 0.243 e. The molecule has 0 bridgehead atoms. The smallest absolute Gasteiger partial charge is 0.243 e. The Morgan fingerprint density at radius 3 is 2.55 bits per heavy atom. The monoisotopic (exact) mass is 416 g/mol. The molecular weight excluding hydrogens is 391 g/mol. The zero-order valence-electron chi connectivity index (χ0n) is 16.5. The summed E-state index contributed by atoms with van der Waals surface area (Å²) in [6.45, 7) is 2.87. The van der Waals surface area contributed by atoms with E-state index < -0.39 is 10.0 Å². The normalized spacial score (nSPS) is 16.7. The molecule has 7 heteroatoms. The van der Waals surface area contributed by atoms with Gasteiger partial charge in [0.2, 0.25) is 15.9 Å². The van der Waals surface area contributed by atoms with Crippen LogP contribution in [0.25, 0.3) is 0 Å². The minimum absolute atomic E-state index is 0.0340. The molecule has 2 aromatic rings. The predicted octanol–water partition coefficient (Wildman–Crippen LogP) is 3.73. The molecule has 0 spiro atoms. The maximum absolute atomic E-state index is 13.4. The maximum atomic E-state index is 13.4. The van der Waals surface area contributed by atoms with Crippen LogP contribution in [0.15, 0.2) is 47.4 Å². The fraction of sp³-hybridized carbons (Fsp3) is 0.409. The van der Waals surface area contributed by atoms with Gasteiger partial charge in [0.25, 0.3) is 0 Å². The van der Waals surface area contributed by atoms with Gasteiger partial charge in [-0.1, -0.05) is 12.1 Å². The van der Waals surface area contributed by atoms with Gasteiger partial charge in [0, 0.05) is 32.2 Å². The van der Waals surface area contributed by atoms with Crippen molar-refractivity contribution in [3.8, 4) is 0 Å². The van der Waals surface area contributed by atoms with Crippen LogP contribution in [0, 0.1) is 11.7 Å². The van der Waals surface area contributed by atoms with E-state index in [1.54, 1.807) is 35.2 Å². The molecule has 0 radical (unpaired) electrons. The molecule has 1 saturated carbocycles. The molecule has 0 saturated heterocycles. The third kappa shape index (κ3) is 4.36. The van der Waals surface area contributed by atoms with Crippen molar-refractivity contribution in [2.24, 2.45) is 5.92 Å². The number of hydrogen-bond acceptors (Lipinski definition) is 3. The molecule has 5 nitrogen and oxygen atoms in total. The lowest BCUT2D eigenvalue weighted by Crippen LogP contribution is -2.34. The summed E-state index contributed by atoms with van der Waals surface area (Å²) in [6, 6.07) is 11.0. The molecule has 2 aliphatic rings. The SMILES string of the molecule is CC(=O)N1CCCc2cc(S(=O)(=O)N(Cc3ccc(F)cc3)CC3CC3)ccc21. The Balaban J connectivity index is 1.65. The van der Waals surface area contributed by atoms with Crippen LogP contribution in [0.4, 0.5) is 10.1 Å². The molecule has 1 heterocycles. The summed E-state index contributed by atoms with van der Waals surface area (Å²) in [6.07, 6.45) is 3.64. The van der Waals surface area contributed by atoms with Crippen LogP contribution in [0.5, 0.6) is 0 Å². The number of anilines is 1. The summed E-state index contributed by atoms with van der Waals surface area (Å²) in [5.74, 6) is 0.0133. The first-order chi connectivity index (χ1) is 13.8. The molecule has 0 atom stereocenters. The van der Waals surface area contributed by atoms with Gasteiger partial charge in [-0.15, -0.1) is 0 Å². The van der Waals surface area contributed by atoms with Gasteiger partial charge < -0.3 is 4.90 Å². The van der Waals surface area contributed by atoms with Crippen molar-refractivity contribution < 1.29 is 17.6 Å². The van der Waals surface area contributed by atoms with Crippen molar-refractivity contribution in [3.05, 3.63) is 59.4 Å². The summed E-state index contributed by atoms with van der Waals surface area (Å²) in [7, 11) is -3.70. The van der Waals surface area contributed by atoms with Gasteiger partial charge >= 0.3 is 0 Å². The van der Waals surface area contributed by atoms with E-state index in [1.165, 1.54) is 23.4 Å². The van der Waals surface area contributed by atoms with E-state index in [1.807, 2.05) is 0 Å². The lowest BCUT2D eigenvalue weighted by molar-refractivity contribution is -0.116. The highest BCUT2D eigenvalue weighted by Crippen LogP contribution is 2.34. The minimum Gasteiger partial charge on any atom is -0.312 e. The lowest BCUT2D eigenvalue weighted by Gasteiger charge is -2.29. The van der Waals surface area contributed by atoms with E-state index in [4.69, 9.17) is 0 Å². The van der Waals surface area contributed by atoms with Gasteiger partial charge in [0.05, 0.1) is 4.90 Å². The molecular formula is C22H25FN2O3S. The first kappa shape index (κ1) is 20.0. The molecule has 29 heavy (non-hydrogen) atoms. The molecule has 0 aromatic heterocycles. The summed E-state index contributed by atoms with van der Waals surface area (Å²) in [4.78, 5) is 13.8. The zero-order chi connectivity index (χ0) is 20.6. The second-order valence-electron chi connectivity index (χ2n) is 7.93. The van der Waals surface area contributed by atoms with Gasteiger partial charge in [-0.25, -0.2) is 12.8 Å². The Bertz CT molecular complexity index is 1020. The number of nitrogens with zero attached hydrogens (tertiary/aromatic N) is 2. The van der Waals surface area contributed by atoms with Crippen molar-refractivity contribution in [3.63, 3.8) is 0 Å². The van der Waals surface area contributed by atoms with Crippen LogP contribution in [-0.2, 0) is 27.8 Å². The number of benzene rings is 2. The summed E-state index contributed by atoms with van der Waals surface area (Å²) in [5, 5.41) is 0. The molecule has 154 valence electrons. The van der Waals surface area contributed by atoms with E-state index in [0.717, 1.165) is 42.5 Å². The number of rotatable bonds is 6. The van der Waals surface area contributed by atoms with E-state index in [9.17, 15) is 17.6 Å². The highest BCUT2D eigenvalue weighted by atomic mass is 32.2. The number of carbonyl (C=O) groups excluding carboxylic acids is 1. The number of halogens is 1. The predicted molar refractivity (Wildman–Crippen MR) is 110 cm³/mol. The van der Waals surface area contributed by atoms with Crippen molar-refractivity contribution in [2.45, 2.75) is 44.0 Å². The Labute approximate surface area is 171 Å². The largest absolute Gasteiger partial charge is 0.312 e. The van der Waals surface area contributed by atoms with E-state index >= 15 is 0 Å². The number of hydrogen-bond donors (Lipinski definition) is 0. The van der Waals surface area contributed by atoms with E-state index in [-0.39, 0.29) is 23.2 Å². The first-order valence-electron chi connectivity index (χ1n) is 10.0. The van der Waals surface area contributed by atoms with Crippen LogP contribution < -0.4 is 4.90 Å². The van der Waals surface area contributed by atoms with Crippen molar-refractivity contribution >= 4 is 21.6 Å². The first-order valence-corrected chi connectivity index (χ1v) is 11.4. The van der Waals surface area contributed by atoms with Gasteiger partial charge in [-0.3, -0.25) is 4.79 Å². The third-order valence-corrected chi connectivity index (χ3v) is 7.43. The molecule has 1 fully saturated rings. The summed E-state index contributed by atoms with van der Waals surface area (Å²) < 4.78 is 41.6. The van der Waals surface area contributed by atoms with Crippen LogP contribution in [-0.4, -0.2) is 31.7 Å². The minimum atomic E-state index is -3.70. The van der Waals surface area contributed by atoms with Crippen molar-refractivity contribution in [1.82, 2.24) is 4.31 Å². The third-order valence-electron chi connectivity index (χ3n) is 5.62. The molecule has 2 aromatic carbocycles. The molecule has 4 rings (SSSR count). The van der Waals surface area contributed by atoms with Crippen molar-refractivity contribution in [2.75, 3.05) is 18.0 Å². The van der Waals surface area contributed by atoms with Crippen LogP contribution in [0.2, 0.25) is 0 Å². The fourth-order valence-corrected chi connectivity index (χ4v) is 5.40. The molecule has 1 aliphatic carbocycles. The van der Waals surface area contributed by atoms with Gasteiger partial charge in [-0.05, 0) is 73.1 Å². The second-order valence-corrected chi connectivity index (χ2v) is 9.87. The van der Waals surface area contributed by atoms with Crippen LogP contribution >= 0.6 is 0 Å².